The van der Waals surface area contributed by atoms with Gasteiger partial charge in [0.25, 0.3) is 10.1 Å². The Balaban J connectivity index is 1.36. The standard InChI is InChI=1S/C20H32O8S/c1-18-5-7-19(8-6-18)29(21,22)28-17-15-25-13-11-23-10-12-24-14-16-27-20-4-2-3-9-26-20/h5-8,20H,2-4,9-17H2,1H3. The largest absolute Gasteiger partial charge is 0.377 e. The van der Waals surface area contributed by atoms with Crippen molar-refractivity contribution in [3.63, 3.8) is 0 Å². The van der Waals surface area contributed by atoms with Crippen LogP contribution in [0, 0.1) is 6.92 Å². The van der Waals surface area contributed by atoms with Crippen LogP contribution in [-0.4, -0.2) is 74.2 Å². The van der Waals surface area contributed by atoms with E-state index in [2.05, 4.69) is 0 Å². The number of aryl methyl sites for hydroxylation is 1. The molecule has 1 atom stereocenters. The van der Waals surface area contributed by atoms with Crippen molar-refractivity contribution in [2.24, 2.45) is 0 Å². The fourth-order valence-electron chi connectivity index (χ4n) is 2.60. The normalized spacial score (nSPS) is 17.5. The van der Waals surface area contributed by atoms with Crippen LogP contribution in [0.25, 0.3) is 0 Å². The Labute approximate surface area is 173 Å². The average molecular weight is 433 g/mol. The first kappa shape index (κ1) is 24.2. The van der Waals surface area contributed by atoms with E-state index in [1.54, 1.807) is 12.1 Å². The van der Waals surface area contributed by atoms with E-state index in [1.165, 1.54) is 12.1 Å². The van der Waals surface area contributed by atoms with Gasteiger partial charge in [0.05, 0.1) is 57.8 Å². The van der Waals surface area contributed by atoms with Crippen molar-refractivity contribution in [2.75, 3.05) is 59.5 Å². The summed E-state index contributed by atoms with van der Waals surface area (Å²) in [5.74, 6) is 0. The van der Waals surface area contributed by atoms with Crippen molar-refractivity contribution in [1.29, 1.82) is 0 Å². The van der Waals surface area contributed by atoms with E-state index in [9.17, 15) is 8.42 Å². The minimum absolute atomic E-state index is 0.0377. The lowest BCUT2D eigenvalue weighted by Gasteiger charge is -2.22. The highest BCUT2D eigenvalue weighted by Crippen LogP contribution is 2.14. The Hall–Kier alpha value is -1.07. The Morgan fingerprint density at radius 1 is 0.862 bits per heavy atom. The molecule has 0 aliphatic carbocycles. The Morgan fingerprint density at radius 3 is 2.03 bits per heavy atom. The van der Waals surface area contributed by atoms with Crippen LogP contribution >= 0.6 is 0 Å². The van der Waals surface area contributed by atoms with Crippen molar-refractivity contribution in [3.8, 4) is 0 Å². The first-order valence-corrected chi connectivity index (χ1v) is 11.4. The molecule has 0 N–H and O–H groups in total. The van der Waals surface area contributed by atoms with Crippen molar-refractivity contribution < 1.29 is 36.3 Å². The molecule has 0 spiro atoms. The van der Waals surface area contributed by atoms with Gasteiger partial charge in [0.2, 0.25) is 0 Å². The molecule has 0 amide bonds. The number of benzene rings is 1. The maximum Gasteiger partial charge on any atom is 0.297 e. The molecular weight excluding hydrogens is 400 g/mol. The maximum atomic E-state index is 12.0. The van der Waals surface area contributed by atoms with Crippen LogP contribution in [0.15, 0.2) is 29.2 Å². The second-order valence-corrected chi connectivity index (χ2v) is 8.21. The molecule has 1 unspecified atom stereocenters. The molecule has 0 aromatic heterocycles. The molecule has 1 aliphatic rings. The van der Waals surface area contributed by atoms with Crippen LogP contribution in [0.1, 0.15) is 24.8 Å². The van der Waals surface area contributed by atoms with Crippen molar-refractivity contribution >= 4 is 10.1 Å². The SMILES string of the molecule is Cc1ccc(S(=O)(=O)OCCOCCOCCOCCOC2CCCCO2)cc1. The quantitative estimate of drug-likeness (QED) is 0.308. The molecule has 1 fully saturated rings. The lowest BCUT2D eigenvalue weighted by atomic mass is 10.2. The molecule has 2 rings (SSSR count). The van der Waals surface area contributed by atoms with E-state index >= 15 is 0 Å². The molecule has 166 valence electrons. The van der Waals surface area contributed by atoms with Gasteiger partial charge >= 0.3 is 0 Å². The van der Waals surface area contributed by atoms with Gasteiger partial charge in [0, 0.05) is 6.61 Å². The zero-order valence-corrected chi connectivity index (χ0v) is 17.9. The summed E-state index contributed by atoms with van der Waals surface area (Å²) in [5, 5.41) is 0. The Kier molecular flexibility index (Phi) is 11.7. The minimum Gasteiger partial charge on any atom is -0.377 e. The lowest BCUT2D eigenvalue weighted by molar-refractivity contribution is -0.169. The summed E-state index contributed by atoms with van der Waals surface area (Å²) in [6, 6.07) is 6.51. The molecule has 8 nitrogen and oxygen atoms in total. The van der Waals surface area contributed by atoms with Crippen LogP contribution in [0.5, 0.6) is 0 Å². The van der Waals surface area contributed by atoms with Gasteiger partial charge in [-0.05, 0) is 38.3 Å². The van der Waals surface area contributed by atoms with Gasteiger partial charge in [-0.1, -0.05) is 17.7 Å². The molecule has 1 heterocycles. The molecule has 0 saturated carbocycles. The summed E-state index contributed by atoms with van der Waals surface area (Å²) in [7, 11) is -3.74. The third-order valence-corrected chi connectivity index (χ3v) is 5.52. The minimum atomic E-state index is -3.74. The molecule has 9 heteroatoms. The zero-order valence-electron chi connectivity index (χ0n) is 17.0. The van der Waals surface area contributed by atoms with E-state index < -0.39 is 10.1 Å². The van der Waals surface area contributed by atoms with Crippen LogP contribution in [0.2, 0.25) is 0 Å². The van der Waals surface area contributed by atoms with Gasteiger partial charge in [0.15, 0.2) is 6.29 Å². The summed E-state index contributed by atoms with van der Waals surface area (Å²) in [6.45, 7) is 5.52. The van der Waals surface area contributed by atoms with Crippen molar-refractivity contribution in [3.05, 3.63) is 29.8 Å². The maximum absolute atomic E-state index is 12.0. The predicted molar refractivity (Wildman–Crippen MR) is 106 cm³/mol. The van der Waals surface area contributed by atoms with Gasteiger partial charge in [-0.15, -0.1) is 0 Å². The van der Waals surface area contributed by atoms with Crippen molar-refractivity contribution in [1.82, 2.24) is 0 Å². The number of hydrogen-bond donors (Lipinski definition) is 0. The highest BCUT2D eigenvalue weighted by molar-refractivity contribution is 7.86. The number of ether oxygens (including phenoxy) is 5. The van der Waals surface area contributed by atoms with Crippen LogP contribution in [0.3, 0.4) is 0 Å². The zero-order chi connectivity index (χ0) is 20.8. The molecule has 29 heavy (non-hydrogen) atoms. The summed E-state index contributed by atoms with van der Waals surface area (Å²) < 4.78 is 56.1. The second-order valence-electron chi connectivity index (χ2n) is 6.59. The second kappa shape index (κ2) is 14.0. The van der Waals surface area contributed by atoms with E-state index in [4.69, 9.17) is 27.9 Å². The molecule has 1 aliphatic heterocycles. The topological polar surface area (TPSA) is 89.5 Å². The third kappa shape index (κ3) is 10.5. The monoisotopic (exact) mass is 432 g/mol. The fourth-order valence-corrected chi connectivity index (χ4v) is 3.49. The molecule has 1 aromatic rings. The number of hydrogen-bond acceptors (Lipinski definition) is 8. The van der Waals surface area contributed by atoms with Gasteiger partial charge in [0.1, 0.15) is 0 Å². The van der Waals surface area contributed by atoms with Gasteiger partial charge in [-0.2, -0.15) is 8.42 Å². The Morgan fingerprint density at radius 2 is 1.45 bits per heavy atom. The third-order valence-electron chi connectivity index (χ3n) is 4.19. The van der Waals surface area contributed by atoms with Crippen LogP contribution < -0.4 is 0 Å². The molecular formula is C20H32O8S. The van der Waals surface area contributed by atoms with E-state index in [0.29, 0.717) is 39.6 Å². The van der Waals surface area contributed by atoms with Crippen LogP contribution in [-0.2, 0) is 38.0 Å². The summed E-state index contributed by atoms with van der Waals surface area (Å²) in [5.41, 5.74) is 0.986. The highest BCUT2D eigenvalue weighted by Gasteiger charge is 2.14. The van der Waals surface area contributed by atoms with Crippen molar-refractivity contribution in [2.45, 2.75) is 37.4 Å². The van der Waals surface area contributed by atoms with Gasteiger partial charge < -0.3 is 23.7 Å². The lowest BCUT2D eigenvalue weighted by Crippen LogP contribution is -2.24. The summed E-state index contributed by atoms with van der Waals surface area (Å²) >= 11 is 0. The number of rotatable bonds is 15. The highest BCUT2D eigenvalue weighted by atomic mass is 32.2. The van der Waals surface area contributed by atoms with Gasteiger partial charge in [-0.25, -0.2) is 0 Å². The smallest absolute Gasteiger partial charge is 0.297 e. The van der Waals surface area contributed by atoms with E-state index in [0.717, 1.165) is 31.4 Å². The van der Waals surface area contributed by atoms with E-state index in [-0.39, 0.29) is 24.4 Å². The average Bonchev–Trinajstić information content (AvgIpc) is 2.72. The first-order chi connectivity index (χ1) is 14.1. The van der Waals surface area contributed by atoms with Gasteiger partial charge in [-0.3, -0.25) is 4.18 Å². The first-order valence-electron chi connectivity index (χ1n) is 10.0. The molecule has 0 radical (unpaired) electrons. The van der Waals surface area contributed by atoms with Crippen LogP contribution in [0.4, 0.5) is 0 Å². The fraction of sp³-hybridized carbons (Fsp3) is 0.700. The Bertz CT molecular complexity index is 641. The molecule has 1 saturated heterocycles. The summed E-state index contributed by atoms with van der Waals surface area (Å²) in [6.07, 6.45) is 3.12. The molecule has 0 bridgehead atoms. The summed E-state index contributed by atoms with van der Waals surface area (Å²) in [4.78, 5) is 0.142. The predicted octanol–water partition coefficient (Wildman–Crippen LogP) is 2.29. The van der Waals surface area contributed by atoms with E-state index in [1.807, 2.05) is 6.92 Å². The molecule has 1 aromatic carbocycles.